The van der Waals surface area contributed by atoms with Crippen molar-refractivity contribution < 1.29 is 18.0 Å². The second-order valence-electron chi connectivity index (χ2n) is 7.72. The van der Waals surface area contributed by atoms with Gasteiger partial charge < -0.3 is 10.6 Å². The first kappa shape index (κ1) is 22.7. The van der Waals surface area contributed by atoms with Crippen molar-refractivity contribution in [2.45, 2.75) is 62.9 Å². The van der Waals surface area contributed by atoms with Crippen molar-refractivity contribution >= 4 is 22.0 Å². The van der Waals surface area contributed by atoms with Crippen molar-refractivity contribution in [3.63, 3.8) is 0 Å². The third-order valence-corrected chi connectivity index (χ3v) is 6.57. The van der Waals surface area contributed by atoms with Crippen molar-refractivity contribution in [3.05, 3.63) is 53.6 Å². The molecule has 1 saturated carbocycles. The largest absolute Gasteiger partial charge is 0.344 e. The Kier molecular flexibility index (Phi) is 7.21. The van der Waals surface area contributed by atoms with Crippen molar-refractivity contribution in [2.24, 2.45) is 0 Å². The lowest BCUT2D eigenvalue weighted by Crippen LogP contribution is -2.45. The first-order chi connectivity index (χ1) is 14.7. The Morgan fingerprint density at radius 2 is 1.71 bits per heavy atom. The molecule has 1 aliphatic rings. The molecule has 10 heteroatoms. The molecule has 1 heterocycles. The minimum absolute atomic E-state index is 0.00834. The molecular weight excluding hydrogens is 418 g/mol. The molecule has 31 heavy (non-hydrogen) atoms. The van der Waals surface area contributed by atoms with Gasteiger partial charge in [0.25, 0.3) is 15.9 Å². The lowest BCUT2D eigenvalue weighted by Gasteiger charge is -2.22. The zero-order valence-corrected chi connectivity index (χ0v) is 18.4. The van der Waals surface area contributed by atoms with Gasteiger partial charge in [-0.25, -0.2) is 22.9 Å². The Labute approximate surface area is 182 Å². The molecule has 2 aromatic rings. The van der Waals surface area contributed by atoms with Crippen LogP contribution in [0.5, 0.6) is 0 Å². The number of nitrogens with one attached hydrogen (secondary N) is 3. The van der Waals surface area contributed by atoms with Crippen LogP contribution < -0.4 is 15.4 Å². The molecule has 1 aromatic carbocycles. The monoisotopic (exact) mass is 445 g/mol. The average molecular weight is 446 g/mol. The summed E-state index contributed by atoms with van der Waals surface area (Å²) in [5.74, 6) is -0.377. The molecule has 166 valence electrons. The third-order valence-electron chi connectivity index (χ3n) is 5.22. The van der Waals surface area contributed by atoms with Crippen LogP contribution >= 0.6 is 0 Å². The number of amides is 3. The first-order valence-electron chi connectivity index (χ1n) is 10.3. The quantitative estimate of drug-likeness (QED) is 0.627. The number of carbonyl (C=O) groups excluding carboxylic acids is 2. The number of carbonyl (C=O) groups is 2. The van der Waals surface area contributed by atoms with Gasteiger partial charge in [-0.2, -0.15) is 0 Å². The number of benzene rings is 1. The number of nitrogens with zero attached hydrogens (tertiary/aromatic N) is 2. The predicted molar refractivity (Wildman–Crippen MR) is 115 cm³/mol. The van der Waals surface area contributed by atoms with Crippen LogP contribution in [0.15, 0.2) is 41.6 Å². The molecule has 3 rings (SSSR count). The number of urea groups is 1. The fourth-order valence-electron chi connectivity index (χ4n) is 3.44. The van der Waals surface area contributed by atoms with E-state index < -0.39 is 16.1 Å². The van der Waals surface area contributed by atoms with Gasteiger partial charge in [-0.05, 0) is 44.4 Å². The van der Waals surface area contributed by atoms with Crippen LogP contribution in [0.1, 0.15) is 66.8 Å². The Morgan fingerprint density at radius 1 is 1.03 bits per heavy atom. The lowest BCUT2D eigenvalue weighted by molar-refractivity contribution is 0.0934. The second kappa shape index (κ2) is 9.86. The minimum Gasteiger partial charge on any atom is -0.344 e. The van der Waals surface area contributed by atoms with Gasteiger partial charge in [-0.1, -0.05) is 31.4 Å². The fourth-order valence-corrected chi connectivity index (χ4v) is 4.36. The van der Waals surface area contributed by atoms with Crippen molar-refractivity contribution in [2.75, 3.05) is 0 Å². The maximum atomic E-state index is 12.5. The second-order valence-corrected chi connectivity index (χ2v) is 9.40. The summed E-state index contributed by atoms with van der Waals surface area (Å²) in [4.78, 5) is 32.4. The summed E-state index contributed by atoms with van der Waals surface area (Å²) < 4.78 is 27.1. The fraction of sp³-hybridized carbons (Fsp3) is 0.429. The SMILES string of the molecule is Cc1cnc(C(=O)NC(C)c2ccc(S(=O)(=O)NC(=O)NC3CCCCC3)cc2)cn1. The van der Waals surface area contributed by atoms with E-state index in [1.807, 2.05) is 0 Å². The first-order valence-corrected chi connectivity index (χ1v) is 11.8. The van der Waals surface area contributed by atoms with Crippen molar-refractivity contribution in [1.82, 2.24) is 25.3 Å². The van der Waals surface area contributed by atoms with Crippen LogP contribution in [-0.4, -0.2) is 36.4 Å². The van der Waals surface area contributed by atoms with Gasteiger partial charge in [0.15, 0.2) is 0 Å². The molecule has 0 saturated heterocycles. The van der Waals surface area contributed by atoms with E-state index in [0.717, 1.165) is 32.1 Å². The van der Waals surface area contributed by atoms with E-state index in [1.54, 1.807) is 26.0 Å². The molecule has 0 radical (unpaired) electrons. The number of aryl methyl sites for hydroxylation is 1. The van der Waals surface area contributed by atoms with Gasteiger partial charge in [0.2, 0.25) is 0 Å². The highest BCUT2D eigenvalue weighted by atomic mass is 32.2. The number of rotatable bonds is 6. The molecule has 1 unspecified atom stereocenters. The molecule has 1 fully saturated rings. The Bertz CT molecular complexity index is 1020. The summed E-state index contributed by atoms with van der Waals surface area (Å²) in [7, 11) is -3.99. The van der Waals surface area contributed by atoms with E-state index in [4.69, 9.17) is 0 Å². The summed E-state index contributed by atoms with van der Waals surface area (Å²) in [6.45, 7) is 3.56. The number of sulfonamides is 1. The number of hydrogen-bond donors (Lipinski definition) is 3. The highest BCUT2D eigenvalue weighted by molar-refractivity contribution is 7.90. The van der Waals surface area contributed by atoms with Gasteiger partial charge >= 0.3 is 6.03 Å². The maximum Gasteiger partial charge on any atom is 0.328 e. The number of hydrogen-bond acceptors (Lipinski definition) is 6. The molecular formula is C21H27N5O4S. The summed E-state index contributed by atoms with van der Waals surface area (Å²) in [5.41, 5.74) is 1.62. The van der Waals surface area contributed by atoms with Crippen LogP contribution in [0.3, 0.4) is 0 Å². The van der Waals surface area contributed by atoms with Gasteiger partial charge in [0, 0.05) is 12.2 Å². The molecule has 1 aromatic heterocycles. The van der Waals surface area contributed by atoms with Crippen LogP contribution in [0, 0.1) is 6.92 Å². The molecule has 0 bridgehead atoms. The zero-order valence-electron chi connectivity index (χ0n) is 17.6. The molecule has 1 aliphatic carbocycles. The highest BCUT2D eigenvalue weighted by Crippen LogP contribution is 2.18. The van der Waals surface area contributed by atoms with E-state index in [2.05, 4.69) is 25.3 Å². The Morgan fingerprint density at radius 3 is 2.32 bits per heavy atom. The van der Waals surface area contributed by atoms with Crippen molar-refractivity contribution in [3.8, 4) is 0 Å². The average Bonchev–Trinajstić information content (AvgIpc) is 2.74. The normalized spacial score (nSPS) is 15.7. The predicted octanol–water partition coefficient (Wildman–Crippen LogP) is 2.60. The van der Waals surface area contributed by atoms with E-state index >= 15 is 0 Å². The van der Waals surface area contributed by atoms with Crippen LogP contribution in [-0.2, 0) is 10.0 Å². The standard InChI is InChI=1S/C21H27N5O4S/c1-14-12-23-19(13-22-14)20(27)24-15(2)16-8-10-18(11-9-16)31(29,30)26-21(28)25-17-6-4-3-5-7-17/h8-13,15,17H,3-7H2,1-2H3,(H,24,27)(H2,25,26,28). The maximum absolute atomic E-state index is 12.5. The summed E-state index contributed by atoms with van der Waals surface area (Å²) in [5, 5.41) is 5.52. The Balaban J connectivity index is 1.59. The minimum atomic E-state index is -3.99. The van der Waals surface area contributed by atoms with Gasteiger partial charge in [0.05, 0.1) is 22.8 Å². The van der Waals surface area contributed by atoms with E-state index in [9.17, 15) is 18.0 Å². The summed E-state index contributed by atoms with van der Waals surface area (Å²) in [6.07, 6.45) is 7.84. The zero-order chi connectivity index (χ0) is 22.4. The van der Waals surface area contributed by atoms with Crippen LogP contribution in [0.4, 0.5) is 4.79 Å². The summed E-state index contributed by atoms with van der Waals surface area (Å²) >= 11 is 0. The third kappa shape index (κ3) is 6.24. The molecule has 1 atom stereocenters. The lowest BCUT2D eigenvalue weighted by atomic mass is 9.96. The smallest absolute Gasteiger partial charge is 0.328 e. The summed E-state index contributed by atoms with van der Waals surface area (Å²) in [6, 6.07) is 4.91. The van der Waals surface area contributed by atoms with Gasteiger partial charge in [0.1, 0.15) is 5.69 Å². The van der Waals surface area contributed by atoms with E-state index in [1.165, 1.54) is 24.5 Å². The van der Waals surface area contributed by atoms with E-state index in [0.29, 0.717) is 11.3 Å². The molecule has 0 aliphatic heterocycles. The molecule has 0 spiro atoms. The van der Waals surface area contributed by atoms with Crippen LogP contribution in [0.2, 0.25) is 0 Å². The highest BCUT2D eigenvalue weighted by Gasteiger charge is 2.21. The topological polar surface area (TPSA) is 130 Å². The molecule has 9 nitrogen and oxygen atoms in total. The molecule has 3 amide bonds. The van der Waals surface area contributed by atoms with Gasteiger partial charge in [-0.15, -0.1) is 0 Å². The Hall–Kier alpha value is -3.01. The number of aromatic nitrogens is 2. The van der Waals surface area contributed by atoms with Crippen molar-refractivity contribution in [1.29, 1.82) is 0 Å². The molecule has 3 N–H and O–H groups in total. The van der Waals surface area contributed by atoms with Crippen LogP contribution in [0.25, 0.3) is 0 Å². The van der Waals surface area contributed by atoms with Gasteiger partial charge in [-0.3, -0.25) is 9.78 Å². The van der Waals surface area contributed by atoms with E-state index in [-0.39, 0.29) is 28.6 Å².